The average Bonchev–Trinajstić information content (AvgIpc) is 3.24. The second-order valence-corrected chi connectivity index (χ2v) is 10.6. The Morgan fingerprint density at radius 1 is 0.900 bits per heavy atom. The van der Waals surface area contributed by atoms with Crippen molar-refractivity contribution in [2.45, 2.75) is 95.4 Å². The summed E-state index contributed by atoms with van der Waals surface area (Å²) in [6.07, 6.45) is -6.23. The molecule has 3 atom stereocenters. The minimum Gasteiger partial charge on any atom is -0.356 e. The van der Waals surface area contributed by atoms with Crippen molar-refractivity contribution in [3.63, 3.8) is 0 Å². The molecule has 0 unspecified atom stereocenters. The number of Topliss-reactive ketones (excluding diaryl/α,β-unsaturated/α-hetero) is 1. The molecule has 2 aliphatic rings. The van der Waals surface area contributed by atoms with E-state index in [2.05, 4.69) is 20.7 Å². The number of hydrogen-bond donors (Lipinski definition) is 4. The molecule has 16 heteroatoms. The number of carbonyl (C=O) groups is 5. The van der Waals surface area contributed by atoms with E-state index in [1.165, 1.54) is 0 Å². The Kier molecular flexibility index (Phi) is 11.3. The fourth-order valence-electron chi connectivity index (χ4n) is 4.57. The van der Waals surface area contributed by atoms with E-state index >= 15 is 0 Å². The minimum atomic E-state index is -5.13. The average molecular weight is 589 g/mol. The van der Waals surface area contributed by atoms with Gasteiger partial charge in [0, 0.05) is 12.5 Å². The number of nitrogens with one attached hydrogen (secondary N) is 4. The maximum atomic E-state index is 13.2. The summed E-state index contributed by atoms with van der Waals surface area (Å²) in [7, 11) is 0. The Hall–Kier alpha value is -2.91. The fourth-order valence-corrected chi connectivity index (χ4v) is 4.57. The van der Waals surface area contributed by atoms with E-state index in [1.54, 1.807) is 5.32 Å². The Labute approximate surface area is 226 Å². The molecule has 40 heavy (non-hydrogen) atoms. The van der Waals surface area contributed by atoms with Gasteiger partial charge in [-0.15, -0.1) is 13.2 Å². The van der Waals surface area contributed by atoms with Gasteiger partial charge >= 0.3 is 24.4 Å². The first kappa shape index (κ1) is 33.3. The highest BCUT2D eigenvalue weighted by molar-refractivity contribution is 6.35. The molecule has 2 rings (SSSR count). The van der Waals surface area contributed by atoms with Gasteiger partial charge in [0.2, 0.25) is 11.8 Å². The van der Waals surface area contributed by atoms with Crippen molar-refractivity contribution in [1.29, 1.82) is 0 Å². The highest BCUT2D eigenvalue weighted by Gasteiger charge is 2.49. The molecule has 4 amide bonds. The van der Waals surface area contributed by atoms with Crippen molar-refractivity contribution in [2.24, 2.45) is 11.8 Å². The molecule has 1 saturated heterocycles. The molecule has 1 aliphatic carbocycles. The molecule has 4 N–H and O–H groups in total. The van der Waals surface area contributed by atoms with E-state index < -0.39 is 72.1 Å². The zero-order valence-electron chi connectivity index (χ0n) is 22.1. The van der Waals surface area contributed by atoms with Gasteiger partial charge in [-0.25, -0.2) is 0 Å². The Balaban J connectivity index is 2.21. The SMILES string of the molecule is CC(C)(NC(=O)C(=O)N[C@@H](CC1CCCCC1)C(=O)N[C@@H](C[C@@H]1CCNC1=O)C(=O)COC(F)(F)F)C(F)(F)F. The molecule has 0 aromatic carbocycles. The van der Waals surface area contributed by atoms with Crippen LogP contribution in [-0.2, 0) is 28.7 Å². The number of hydrogen-bond acceptors (Lipinski definition) is 6. The van der Waals surface area contributed by atoms with Gasteiger partial charge in [0.15, 0.2) is 5.78 Å². The molecule has 1 saturated carbocycles. The monoisotopic (exact) mass is 588 g/mol. The first-order valence-electron chi connectivity index (χ1n) is 12.9. The highest BCUT2D eigenvalue weighted by atomic mass is 19.4. The van der Waals surface area contributed by atoms with E-state index in [9.17, 15) is 50.3 Å². The zero-order chi connectivity index (χ0) is 30.3. The van der Waals surface area contributed by atoms with E-state index in [1.807, 2.05) is 0 Å². The molecular formula is C24H34F6N4O6. The zero-order valence-corrected chi connectivity index (χ0v) is 22.1. The van der Waals surface area contributed by atoms with Crippen LogP contribution in [0.5, 0.6) is 0 Å². The molecule has 1 heterocycles. The number of rotatable bonds is 11. The van der Waals surface area contributed by atoms with Crippen LogP contribution >= 0.6 is 0 Å². The van der Waals surface area contributed by atoms with Gasteiger partial charge < -0.3 is 21.3 Å². The van der Waals surface area contributed by atoms with Crippen molar-refractivity contribution < 1.29 is 55.1 Å². The predicted octanol–water partition coefficient (Wildman–Crippen LogP) is 2.02. The van der Waals surface area contributed by atoms with Crippen LogP contribution in [0, 0.1) is 11.8 Å². The third-order valence-corrected chi connectivity index (χ3v) is 7.02. The number of ether oxygens (including phenoxy) is 1. The van der Waals surface area contributed by atoms with E-state index in [4.69, 9.17) is 0 Å². The summed E-state index contributed by atoms with van der Waals surface area (Å²) in [5, 5.41) is 8.44. The summed E-state index contributed by atoms with van der Waals surface area (Å²) in [5.74, 6) is -6.77. The van der Waals surface area contributed by atoms with Gasteiger partial charge in [-0.3, -0.25) is 28.7 Å². The largest absolute Gasteiger partial charge is 0.522 e. The lowest BCUT2D eigenvalue weighted by molar-refractivity contribution is -0.321. The number of carbonyl (C=O) groups excluding carboxylic acids is 5. The predicted molar refractivity (Wildman–Crippen MR) is 126 cm³/mol. The molecule has 0 aromatic rings. The highest BCUT2D eigenvalue weighted by Crippen LogP contribution is 2.30. The maximum Gasteiger partial charge on any atom is 0.522 e. The van der Waals surface area contributed by atoms with Crippen LogP contribution in [0.2, 0.25) is 0 Å². The van der Waals surface area contributed by atoms with Crippen LogP contribution in [0.15, 0.2) is 0 Å². The van der Waals surface area contributed by atoms with E-state index in [0.29, 0.717) is 26.7 Å². The molecule has 10 nitrogen and oxygen atoms in total. The number of halogens is 6. The summed E-state index contributed by atoms with van der Waals surface area (Å²) in [6.45, 7) is 0.101. The van der Waals surface area contributed by atoms with Crippen LogP contribution in [-0.4, -0.2) is 72.7 Å². The molecule has 0 radical (unpaired) electrons. The lowest BCUT2D eigenvalue weighted by Crippen LogP contribution is -2.60. The van der Waals surface area contributed by atoms with Gasteiger partial charge in [-0.1, -0.05) is 32.1 Å². The topological polar surface area (TPSA) is 143 Å². The second-order valence-electron chi connectivity index (χ2n) is 10.6. The summed E-state index contributed by atoms with van der Waals surface area (Å²) in [5.41, 5.74) is -2.76. The third-order valence-electron chi connectivity index (χ3n) is 7.02. The maximum absolute atomic E-state index is 13.2. The standard InChI is InChI=1S/C24H34F6N4O6/c1-22(2,23(25,26)27)34-21(39)20(38)33-16(10-13-6-4-3-5-7-13)19(37)32-15(11-14-8-9-31-18(14)36)17(35)12-40-24(28,29)30/h13-16H,3-12H2,1-2H3,(H,31,36)(H,32,37)(H,33,38)(H,34,39)/t14-,15-,16-/m0/s1. The summed E-state index contributed by atoms with van der Waals surface area (Å²) >= 11 is 0. The Morgan fingerprint density at radius 3 is 2.05 bits per heavy atom. The van der Waals surface area contributed by atoms with E-state index in [-0.39, 0.29) is 31.7 Å². The van der Waals surface area contributed by atoms with Crippen LogP contribution in [0.3, 0.4) is 0 Å². The van der Waals surface area contributed by atoms with Crippen molar-refractivity contribution in [3.05, 3.63) is 0 Å². The van der Waals surface area contributed by atoms with Crippen molar-refractivity contribution in [1.82, 2.24) is 21.3 Å². The summed E-state index contributed by atoms with van der Waals surface area (Å²) in [6, 6.07) is -3.10. The quantitative estimate of drug-likeness (QED) is 0.215. The fraction of sp³-hybridized carbons (Fsp3) is 0.792. The second kappa shape index (κ2) is 13.6. The number of alkyl halides is 6. The van der Waals surface area contributed by atoms with Gasteiger partial charge in [0.05, 0.1) is 6.04 Å². The normalized spacial score (nSPS) is 20.3. The molecule has 1 aliphatic heterocycles. The number of amides is 4. The molecular weight excluding hydrogens is 554 g/mol. The van der Waals surface area contributed by atoms with E-state index in [0.717, 1.165) is 19.3 Å². The lowest BCUT2D eigenvalue weighted by Gasteiger charge is -2.30. The minimum absolute atomic E-state index is 0.0304. The molecule has 0 bridgehead atoms. The molecule has 0 aromatic heterocycles. The van der Waals surface area contributed by atoms with Gasteiger partial charge in [0.25, 0.3) is 0 Å². The van der Waals surface area contributed by atoms with Crippen molar-refractivity contribution in [2.75, 3.05) is 13.2 Å². The van der Waals surface area contributed by atoms with Crippen molar-refractivity contribution in [3.8, 4) is 0 Å². The van der Waals surface area contributed by atoms with Crippen LogP contribution in [0.4, 0.5) is 26.3 Å². The Morgan fingerprint density at radius 2 is 1.52 bits per heavy atom. The molecule has 2 fully saturated rings. The van der Waals surface area contributed by atoms with Crippen LogP contribution in [0.1, 0.15) is 65.2 Å². The summed E-state index contributed by atoms with van der Waals surface area (Å²) in [4.78, 5) is 62.6. The first-order chi connectivity index (χ1) is 18.4. The van der Waals surface area contributed by atoms with Gasteiger partial charge in [-0.2, -0.15) is 13.2 Å². The smallest absolute Gasteiger partial charge is 0.356 e. The lowest BCUT2D eigenvalue weighted by atomic mass is 9.84. The molecule has 0 spiro atoms. The molecule has 228 valence electrons. The summed E-state index contributed by atoms with van der Waals surface area (Å²) < 4.78 is 80.6. The van der Waals surface area contributed by atoms with Crippen LogP contribution < -0.4 is 21.3 Å². The van der Waals surface area contributed by atoms with Crippen molar-refractivity contribution >= 4 is 29.4 Å². The Bertz CT molecular complexity index is 949. The van der Waals surface area contributed by atoms with Gasteiger partial charge in [-0.05, 0) is 39.0 Å². The van der Waals surface area contributed by atoms with Crippen LogP contribution in [0.25, 0.3) is 0 Å². The first-order valence-corrected chi connectivity index (χ1v) is 12.9. The van der Waals surface area contributed by atoms with Gasteiger partial charge in [0.1, 0.15) is 18.2 Å². The third kappa shape index (κ3) is 10.2. The number of ketones is 1.